The zero-order valence-corrected chi connectivity index (χ0v) is 10.9. The van der Waals surface area contributed by atoms with Gasteiger partial charge in [-0.05, 0) is 43.0 Å². The molecule has 0 bridgehead atoms. The number of carbonyl (C=O) groups is 1. The Balaban J connectivity index is 0.00000289. The summed E-state index contributed by atoms with van der Waals surface area (Å²) in [5.41, 5.74) is 3.04. The Bertz CT molecular complexity index is 403. The molecule has 1 aromatic rings. The molecule has 0 aliphatic carbocycles. The molecule has 0 radical (unpaired) electrons. The summed E-state index contributed by atoms with van der Waals surface area (Å²) in [6, 6.07) is 5.73. The Hall–Kier alpha value is -1.35. The van der Waals surface area contributed by atoms with Crippen LogP contribution in [0.1, 0.15) is 49.6 Å². The predicted molar refractivity (Wildman–Crippen MR) is 71.4 cm³/mol. The van der Waals surface area contributed by atoms with E-state index in [4.69, 9.17) is 5.11 Å². The topological polar surface area (TPSA) is 49.3 Å². The van der Waals surface area contributed by atoms with Gasteiger partial charge in [0.15, 0.2) is 0 Å². The first-order chi connectivity index (χ1) is 7.91. The summed E-state index contributed by atoms with van der Waals surface area (Å²) >= 11 is 0. The second-order valence-corrected chi connectivity index (χ2v) is 4.79. The number of aliphatic hydroxyl groups excluding tert-OH is 1. The van der Waals surface area contributed by atoms with Crippen LogP contribution >= 0.6 is 0 Å². The lowest BCUT2D eigenvalue weighted by Crippen LogP contribution is -2.30. The Morgan fingerprint density at radius 1 is 1.41 bits per heavy atom. The highest BCUT2D eigenvalue weighted by molar-refractivity contribution is 5.94. The van der Waals surface area contributed by atoms with Gasteiger partial charge in [-0.15, -0.1) is 0 Å². The maximum atomic E-state index is 11.8. The van der Waals surface area contributed by atoms with Crippen molar-refractivity contribution >= 4 is 5.91 Å². The number of aryl methyl sites for hydroxylation is 1. The second kappa shape index (κ2) is 5.82. The summed E-state index contributed by atoms with van der Waals surface area (Å²) in [4.78, 5) is 11.8. The van der Waals surface area contributed by atoms with E-state index in [0.29, 0.717) is 11.5 Å². The molecule has 0 fully saturated rings. The van der Waals surface area contributed by atoms with E-state index >= 15 is 0 Å². The lowest BCUT2D eigenvalue weighted by Gasteiger charge is -2.12. The van der Waals surface area contributed by atoms with E-state index in [1.807, 2.05) is 25.1 Å². The van der Waals surface area contributed by atoms with Crippen LogP contribution in [-0.4, -0.2) is 23.7 Å². The minimum absolute atomic E-state index is 0. The first kappa shape index (κ1) is 13.7. The van der Waals surface area contributed by atoms with Crippen molar-refractivity contribution < 1.29 is 11.3 Å². The van der Waals surface area contributed by atoms with Gasteiger partial charge in [-0.3, -0.25) is 4.79 Å². The molecule has 3 heteroatoms. The number of hydrogen-bond donors (Lipinski definition) is 2. The molecule has 17 heavy (non-hydrogen) atoms. The van der Waals surface area contributed by atoms with Crippen molar-refractivity contribution in [1.29, 1.82) is 0 Å². The number of carbonyl (C=O) groups excluding carboxylic acids is 1. The number of hydrogen-bond acceptors (Lipinski definition) is 2. The van der Waals surface area contributed by atoms with E-state index < -0.39 is 6.10 Å². The molecule has 2 N–H and O–H groups in total. The third kappa shape index (κ3) is 3.86. The molecule has 3 nitrogen and oxygen atoms in total. The molecule has 0 spiro atoms. The van der Waals surface area contributed by atoms with Crippen LogP contribution in [0.25, 0.3) is 0 Å². The van der Waals surface area contributed by atoms with Gasteiger partial charge >= 0.3 is 0 Å². The average molecular weight is 237 g/mol. The molecule has 0 saturated carbocycles. The van der Waals surface area contributed by atoms with Gasteiger partial charge in [0, 0.05) is 13.5 Å². The van der Waals surface area contributed by atoms with Crippen LogP contribution in [0.15, 0.2) is 18.2 Å². The van der Waals surface area contributed by atoms with Crippen molar-refractivity contribution in [3.8, 4) is 0 Å². The first-order valence-electron chi connectivity index (χ1n) is 5.98. The summed E-state index contributed by atoms with van der Waals surface area (Å²) < 4.78 is 0. The molecular formula is C14H23NO2. The van der Waals surface area contributed by atoms with Crippen LogP contribution in [0.2, 0.25) is 0 Å². The maximum Gasteiger partial charge on any atom is 0.251 e. The van der Waals surface area contributed by atoms with Crippen LogP contribution in [0.3, 0.4) is 0 Å². The Morgan fingerprint density at radius 2 is 2.06 bits per heavy atom. The van der Waals surface area contributed by atoms with Gasteiger partial charge < -0.3 is 10.4 Å². The van der Waals surface area contributed by atoms with Gasteiger partial charge in [-0.2, -0.15) is 0 Å². The smallest absolute Gasteiger partial charge is 0.251 e. The summed E-state index contributed by atoms with van der Waals surface area (Å²) in [5, 5.41) is 11.8. The second-order valence-electron chi connectivity index (χ2n) is 4.79. The Morgan fingerprint density at radius 3 is 2.53 bits per heavy atom. The van der Waals surface area contributed by atoms with Gasteiger partial charge in [0.2, 0.25) is 0 Å². The molecular weight excluding hydrogens is 214 g/mol. The van der Waals surface area contributed by atoms with Crippen molar-refractivity contribution in [3.63, 3.8) is 0 Å². The van der Waals surface area contributed by atoms with E-state index in [1.54, 1.807) is 6.92 Å². The van der Waals surface area contributed by atoms with Crippen molar-refractivity contribution in [1.82, 2.24) is 5.32 Å². The summed E-state index contributed by atoms with van der Waals surface area (Å²) in [7, 11) is 0. The van der Waals surface area contributed by atoms with E-state index in [0.717, 1.165) is 5.56 Å². The van der Waals surface area contributed by atoms with Crippen LogP contribution in [0.5, 0.6) is 0 Å². The fraction of sp³-hybridized carbons (Fsp3) is 0.500. The molecule has 1 amide bonds. The zero-order valence-electron chi connectivity index (χ0n) is 10.9. The highest BCUT2D eigenvalue weighted by atomic mass is 16.3. The fourth-order valence-electron chi connectivity index (χ4n) is 1.81. The summed E-state index contributed by atoms with van der Waals surface area (Å²) in [6.07, 6.45) is -0.519. The molecule has 0 aromatic heterocycles. The number of amides is 1. The van der Waals surface area contributed by atoms with Gasteiger partial charge in [0.05, 0.1) is 6.10 Å². The molecule has 96 valence electrons. The van der Waals surface area contributed by atoms with Crippen LogP contribution in [0, 0.1) is 6.92 Å². The highest BCUT2D eigenvalue weighted by Gasteiger charge is 2.09. The number of benzene rings is 1. The van der Waals surface area contributed by atoms with Crippen LogP contribution in [-0.2, 0) is 0 Å². The first-order valence-corrected chi connectivity index (χ1v) is 5.98. The highest BCUT2D eigenvalue weighted by Crippen LogP contribution is 2.19. The molecule has 1 unspecified atom stereocenters. The van der Waals surface area contributed by atoms with E-state index in [-0.39, 0.29) is 13.9 Å². The summed E-state index contributed by atoms with van der Waals surface area (Å²) in [6.45, 7) is 8.21. The third-order valence-corrected chi connectivity index (χ3v) is 2.71. The van der Waals surface area contributed by atoms with E-state index in [9.17, 15) is 4.79 Å². The summed E-state index contributed by atoms with van der Waals surface area (Å²) in [5.74, 6) is 0.328. The van der Waals surface area contributed by atoms with Gasteiger partial charge in [0.25, 0.3) is 5.91 Å². The quantitative estimate of drug-likeness (QED) is 0.845. The minimum Gasteiger partial charge on any atom is -0.392 e. The number of nitrogens with one attached hydrogen (secondary N) is 1. The van der Waals surface area contributed by atoms with Gasteiger partial charge in [-0.25, -0.2) is 0 Å². The van der Waals surface area contributed by atoms with Crippen molar-refractivity contribution in [2.24, 2.45) is 0 Å². The lowest BCUT2D eigenvalue weighted by molar-refractivity contribution is 0.0924. The van der Waals surface area contributed by atoms with Crippen molar-refractivity contribution in [2.45, 2.75) is 39.7 Å². The maximum absolute atomic E-state index is 11.8. The average Bonchev–Trinajstić information content (AvgIpc) is 2.25. The van der Waals surface area contributed by atoms with E-state index in [1.165, 1.54) is 5.56 Å². The fourth-order valence-corrected chi connectivity index (χ4v) is 1.81. The molecule has 1 atom stereocenters. The molecule has 0 aliphatic rings. The van der Waals surface area contributed by atoms with Crippen LogP contribution in [0.4, 0.5) is 0 Å². The van der Waals surface area contributed by atoms with Crippen molar-refractivity contribution in [3.05, 3.63) is 34.9 Å². The molecule has 1 aromatic carbocycles. The largest absolute Gasteiger partial charge is 0.392 e. The van der Waals surface area contributed by atoms with Gasteiger partial charge in [-0.1, -0.05) is 19.9 Å². The van der Waals surface area contributed by atoms with E-state index in [2.05, 4.69) is 19.2 Å². The monoisotopic (exact) mass is 237 g/mol. The molecule has 1 rings (SSSR count). The SMILES string of the molecule is Cc1cc(C(=O)NCC(C)O)ccc1C(C)C.[HH]. The lowest BCUT2D eigenvalue weighted by atomic mass is 9.96. The number of aliphatic hydroxyl groups is 1. The third-order valence-electron chi connectivity index (χ3n) is 2.71. The van der Waals surface area contributed by atoms with Crippen LogP contribution < -0.4 is 5.32 Å². The minimum atomic E-state index is -0.519. The van der Waals surface area contributed by atoms with Crippen molar-refractivity contribution in [2.75, 3.05) is 6.54 Å². The number of rotatable bonds is 4. The molecule has 0 saturated heterocycles. The molecule has 0 heterocycles. The predicted octanol–water partition coefficient (Wildman–Crippen LogP) is 2.48. The standard InChI is InChI=1S/C14H21NO2.H2/c1-9(2)13-6-5-12(7-10(13)3)14(17)15-8-11(4)16;/h5-7,9,11,16H,8H2,1-4H3,(H,15,17);1H. The Labute approximate surface area is 104 Å². The Kier molecular flexibility index (Phi) is 4.70. The van der Waals surface area contributed by atoms with Gasteiger partial charge in [0.1, 0.15) is 0 Å². The normalized spacial score (nSPS) is 12.6. The molecule has 0 aliphatic heterocycles. The zero-order chi connectivity index (χ0) is 13.0.